The van der Waals surface area contributed by atoms with Crippen LogP contribution in [0.5, 0.6) is 0 Å². The molecule has 0 amide bonds. The fourth-order valence-electron chi connectivity index (χ4n) is 1.50. The number of hydrogen-bond donors (Lipinski definition) is 0. The summed E-state index contributed by atoms with van der Waals surface area (Å²) in [6, 6.07) is 4.90. The lowest BCUT2D eigenvalue weighted by molar-refractivity contribution is 0.565. The van der Waals surface area contributed by atoms with E-state index in [1.54, 1.807) is 0 Å². The van der Waals surface area contributed by atoms with E-state index in [-0.39, 0.29) is 10.0 Å². The third kappa shape index (κ3) is 2.39. The predicted molar refractivity (Wildman–Crippen MR) is 66.3 cm³/mol. The number of halogens is 3. The topological polar surface area (TPSA) is 43.1 Å². The van der Waals surface area contributed by atoms with Gasteiger partial charge in [0, 0.05) is 17.0 Å². The normalized spacial score (nSPS) is 11.1. The molecule has 1 aromatic carbocycles. The molecule has 4 nitrogen and oxygen atoms in total. The maximum absolute atomic E-state index is 13.6. The molecule has 0 fully saturated rings. The van der Waals surface area contributed by atoms with Crippen molar-refractivity contribution in [1.82, 2.24) is 19.6 Å². The number of hydrogen-bond acceptors (Lipinski definition) is 4. The van der Waals surface area contributed by atoms with Gasteiger partial charge in [-0.2, -0.15) is 19.6 Å². The van der Waals surface area contributed by atoms with Crippen LogP contribution in [0.2, 0.25) is 5.15 Å². The van der Waals surface area contributed by atoms with Gasteiger partial charge in [-0.1, -0.05) is 23.4 Å². The first-order chi connectivity index (χ1) is 9.13. The van der Waals surface area contributed by atoms with Gasteiger partial charge in [-0.15, -0.1) is 0 Å². The van der Waals surface area contributed by atoms with Crippen molar-refractivity contribution in [3.8, 4) is 0 Å². The van der Waals surface area contributed by atoms with Crippen LogP contribution in [0.15, 0.2) is 40.5 Å². The summed E-state index contributed by atoms with van der Waals surface area (Å²) >= 11 is 6.92. The minimum Gasteiger partial charge on any atom is -0.207 e. The van der Waals surface area contributed by atoms with Gasteiger partial charge in [0.25, 0.3) is 5.78 Å². The molecule has 8 heteroatoms. The Morgan fingerprint density at radius 1 is 1.21 bits per heavy atom. The quantitative estimate of drug-likeness (QED) is 0.681. The fraction of sp³-hybridized carbons (Fsp3) is 0. The largest absolute Gasteiger partial charge is 0.254 e. The SMILES string of the molecule is Fc1ccc(Sc2cc(Cl)nc3ncnn23)c(F)c1. The number of nitrogens with zero attached hydrogens (tertiary/aromatic N) is 4. The molecule has 2 heterocycles. The molecule has 0 atom stereocenters. The number of benzene rings is 1. The van der Waals surface area contributed by atoms with E-state index in [1.807, 2.05) is 0 Å². The first kappa shape index (κ1) is 12.3. The second-order valence-corrected chi connectivity index (χ2v) is 5.02. The minimum absolute atomic E-state index is 0.227. The van der Waals surface area contributed by atoms with Crippen LogP contribution in [0.25, 0.3) is 5.78 Å². The van der Waals surface area contributed by atoms with Gasteiger partial charge in [0.05, 0.1) is 0 Å². The van der Waals surface area contributed by atoms with Crippen molar-refractivity contribution in [1.29, 1.82) is 0 Å². The Hall–Kier alpha value is -1.73. The Morgan fingerprint density at radius 2 is 2.05 bits per heavy atom. The van der Waals surface area contributed by atoms with E-state index in [0.717, 1.165) is 17.8 Å². The van der Waals surface area contributed by atoms with Crippen LogP contribution >= 0.6 is 23.4 Å². The smallest absolute Gasteiger partial charge is 0.207 e. The first-order valence-corrected chi connectivity index (χ1v) is 6.32. The van der Waals surface area contributed by atoms with Gasteiger partial charge in [-0.3, -0.25) is 0 Å². The summed E-state index contributed by atoms with van der Waals surface area (Å²) < 4.78 is 27.9. The second-order valence-electron chi connectivity index (χ2n) is 3.57. The highest BCUT2D eigenvalue weighted by molar-refractivity contribution is 7.99. The minimum atomic E-state index is -0.647. The highest BCUT2D eigenvalue weighted by atomic mass is 35.5. The molecular weight excluding hydrogens is 294 g/mol. The summed E-state index contributed by atoms with van der Waals surface area (Å²) in [5, 5.41) is 4.74. The van der Waals surface area contributed by atoms with E-state index >= 15 is 0 Å². The van der Waals surface area contributed by atoms with Crippen LogP contribution in [-0.2, 0) is 0 Å². The Bertz CT molecular complexity index is 762. The molecule has 0 unspecified atom stereocenters. The van der Waals surface area contributed by atoms with E-state index in [0.29, 0.717) is 10.8 Å². The zero-order chi connectivity index (χ0) is 13.4. The monoisotopic (exact) mass is 298 g/mol. The zero-order valence-electron chi connectivity index (χ0n) is 9.22. The first-order valence-electron chi connectivity index (χ1n) is 5.13. The molecule has 19 heavy (non-hydrogen) atoms. The van der Waals surface area contributed by atoms with Gasteiger partial charge >= 0.3 is 0 Å². The molecule has 2 aromatic heterocycles. The van der Waals surface area contributed by atoms with Crippen molar-refractivity contribution in [3.63, 3.8) is 0 Å². The highest BCUT2D eigenvalue weighted by Gasteiger charge is 2.11. The summed E-state index contributed by atoms with van der Waals surface area (Å²) in [7, 11) is 0. The van der Waals surface area contributed by atoms with Crippen molar-refractivity contribution in [2.24, 2.45) is 0 Å². The number of aromatic nitrogens is 4. The van der Waals surface area contributed by atoms with Crippen molar-refractivity contribution in [2.45, 2.75) is 9.92 Å². The van der Waals surface area contributed by atoms with Gasteiger partial charge in [0.2, 0.25) is 0 Å². The molecule has 0 aliphatic heterocycles. The molecule has 0 N–H and O–H groups in total. The molecule has 0 aliphatic carbocycles. The van der Waals surface area contributed by atoms with Gasteiger partial charge in [0.1, 0.15) is 28.1 Å². The van der Waals surface area contributed by atoms with Gasteiger partial charge in [0.15, 0.2) is 0 Å². The fourth-order valence-corrected chi connectivity index (χ4v) is 2.65. The average molecular weight is 299 g/mol. The van der Waals surface area contributed by atoms with E-state index in [9.17, 15) is 8.78 Å². The molecule has 3 rings (SSSR count). The van der Waals surface area contributed by atoms with Crippen LogP contribution in [0.3, 0.4) is 0 Å². The Balaban J connectivity index is 2.07. The molecule has 96 valence electrons. The predicted octanol–water partition coefficient (Wildman–Crippen LogP) is 3.21. The Kier molecular flexibility index (Phi) is 3.08. The van der Waals surface area contributed by atoms with E-state index in [1.165, 1.54) is 29.0 Å². The zero-order valence-corrected chi connectivity index (χ0v) is 10.8. The van der Waals surface area contributed by atoms with Crippen molar-refractivity contribution in [2.75, 3.05) is 0 Å². The lowest BCUT2D eigenvalue weighted by Gasteiger charge is -2.05. The molecule has 0 saturated carbocycles. The third-order valence-corrected chi connectivity index (χ3v) is 3.54. The molecule has 0 aliphatic rings. The van der Waals surface area contributed by atoms with Gasteiger partial charge in [-0.25, -0.2) is 8.78 Å². The van der Waals surface area contributed by atoms with E-state index < -0.39 is 11.6 Å². The summed E-state index contributed by atoms with van der Waals surface area (Å²) in [6.07, 6.45) is 1.32. The Labute approximate surface area is 115 Å². The molecule has 0 radical (unpaired) electrons. The average Bonchev–Trinajstić information content (AvgIpc) is 2.80. The number of fused-ring (bicyclic) bond motifs is 1. The van der Waals surface area contributed by atoms with Gasteiger partial charge < -0.3 is 0 Å². The molecular formula is C11H5ClF2N4S. The number of rotatable bonds is 2. The summed E-state index contributed by atoms with van der Waals surface area (Å²) in [5.41, 5.74) is 0. The lowest BCUT2D eigenvalue weighted by Crippen LogP contribution is -1.96. The molecule has 0 saturated heterocycles. The molecule has 3 aromatic rings. The van der Waals surface area contributed by atoms with Crippen molar-refractivity contribution in [3.05, 3.63) is 47.4 Å². The maximum atomic E-state index is 13.6. The summed E-state index contributed by atoms with van der Waals surface area (Å²) in [5.74, 6) is -0.954. The van der Waals surface area contributed by atoms with Crippen LogP contribution in [0, 0.1) is 11.6 Å². The second kappa shape index (κ2) is 4.75. The molecule has 0 bridgehead atoms. The van der Waals surface area contributed by atoms with Crippen LogP contribution in [0.1, 0.15) is 0 Å². The molecule has 0 spiro atoms. The van der Waals surface area contributed by atoms with Crippen LogP contribution < -0.4 is 0 Å². The van der Waals surface area contributed by atoms with Gasteiger partial charge in [-0.05, 0) is 12.1 Å². The maximum Gasteiger partial charge on any atom is 0.254 e. The third-order valence-electron chi connectivity index (χ3n) is 2.30. The van der Waals surface area contributed by atoms with Crippen LogP contribution in [0.4, 0.5) is 8.78 Å². The highest BCUT2D eigenvalue weighted by Crippen LogP contribution is 2.31. The standard InChI is InChI=1S/C11H5ClF2N4S/c12-9-4-10(18-11(17-9)15-5-16-18)19-8-2-1-6(13)3-7(8)14/h1-5H. The lowest BCUT2D eigenvalue weighted by atomic mass is 10.3. The van der Waals surface area contributed by atoms with Crippen LogP contribution in [-0.4, -0.2) is 19.6 Å². The Morgan fingerprint density at radius 3 is 2.84 bits per heavy atom. The summed E-state index contributed by atoms with van der Waals surface area (Å²) in [4.78, 5) is 8.13. The summed E-state index contributed by atoms with van der Waals surface area (Å²) in [6.45, 7) is 0. The van der Waals surface area contributed by atoms with E-state index in [2.05, 4.69) is 15.1 Å². The van der Waals surface area contributed by atoms with E-state index in [4.69, 9.17) is 11.6 Å². The van der Waals surface area contributed by atoms with Crippen molar-refractivity contribution < 1.29 is 8.78 Å². The van der Waals surface area contributed by atoms with Crippen molar-refractivity contribution >= 4 is 29.1 Å².